The minimum atomic E-state index is -0.670. The van der Waals surface area contributed by atoms with Crippen LogP contribution in [0.15, 0.2) is 12.1 Å². The molecule has 2 aliphatic rings. The molecule has 2 fully saturated rings. The number of nitrogens with zero attached hydrogens (tertiary/aromatic N) is 2. The molecule has 7 nitrogen and oxygen atoms in total. The second-order valence-electron chi connectivity index (χ2n) is 4.83. The molecule has 0 saturated carbocycles. The van der Waals surface area contributed by atoms with Crippen molar-refractivity contribution in [2.45, 2.75) is 18.6 Å². The first kappa shape index (κ1) is 13.5. The summed E-state index contributed by atoms with van der Waals surface area (Å²) in [6.45, 7) is 2.11. The van der Waals surface area contributed by atoms with E-state index in [1.54, 1.807) is 4.90 Å². The maximum absolute atomic E-state index is 12.4. The van der Waals surface area contributed by atoms with Gasteiger partial charge in [0.2, 0.25) is 0 Å². The van der Waals surface area contributed by atoms with Crippen LogP contribution < -0.4 is 0 Å². The van der Waals surface area contributed by atoms with Crippen LogP contribution in [0.2, 0.25) is 0 Å². The van der Waals surface area contributed by atoms with Gasteiger partial charge in [0, 0.05) is 19.0 Å². The minimum Gasteiger partial charge on any atom is -0.346 e. The molecule has 108 valence electrons. The van der Waals surface area contributed by atoms with Crippen LogP contribution in [-0.4, -0.2) is 47.8 Å². The third-order valence-corrected chi connectivity index (χ3v) is 4.53. The van der Waals surface area contributed by atoms with E-state index in [1.807, 2.05) is 0 Å². The summed E-state index contributed by atoms with van der Waals surface area (Å²) < 4.78 is 11.2. The van der Waals surface area contributed by atoms with Crippen molar-refractivity contribution in [3.05, 3.63) is 27.1 Å². The Hall–Kier alpha value is -1.51. The summed E-state index contributed by atoms with van der Waals surface area (Å²) in [7, 11) is 0. The fraction of sp³-hybridized carbons (Fsp3) is 0.583. The van der Waals surface area contributed by atoms with Crippen LogP contribution in [0.5, 0.6) is 0 Å². The van der Waals surface area contributed by atoms with Crippen LogP contribution in [0.3, 0.4) is 0 Å². The quantitative estimate of drug-likeness (QED) is 0.612. The summed E-state index contributed by atoms with van der Waals surface area (Å²) in [6.07, 6.45) is 1.58. The Kier molecular flexibility index (Phi) is 3.45. The molecule has 1 spiro atoms. The smallest absolute Gasteiger partial charge is 0.324 e. The maximum atomic E-state index is 12.4. The fourth-order valence-electron chi connectivity index (χ4n) is 2.59. The van der Waals surface area contributed by atoms with Crippen LogP contribution in [0.1, 0.15) is 22.5 Å². The Morgan fingerprint density at radius 3 is 2.80 bits per heavy atom. The lowest BCUT2D eigenvalue weighted by atomic mass is 10.0. The van der Waals surface area contributed by atoms with Gasteiger partial charge in [-0.15, -0.1) is 0 Å². The minimum absolute atomic E-state index is 0.0200. The van der Waals surface area contributed by atoms with Gasteiger partial charge in [-0.05, 0) is 12.5 Å². The summed E-state index contributed by atoms with van der Waals surface area (Å²) in [6, 6.07) is 2.86. The average Bonchev–Trinajstić information content (AvgIpc) is 3.08. The van der Waals surface area contributed by atoms with Gasteiger partial charge in [-0.2, -0.15) is 0 Å². The highest BCUT2D eigenvalue weighted by Crippen LogP contribution is 2.32. The van der Waals surface area contributed by atoms with Crippen molar-refractivity contribution in [2.75, 3.05) is 26.3 Å². The van der Waals surface area contributed by atoms with Gasteiger partial charge in [-0.25, -0.2) is 0 Å². The molecule has 2 saturated heterocycles. The average molecular weight is 298 g/mol. The highest BCUT2D eigenvalue weighted by molar-refractivity contribution is 7.17. The number of ether oxygens (including phenoxy) is 2. The van der Waals surface area contributed by atoms with Crippen molar-refractivity contribution in [3.63, 3.8) is 0 Å². The Labute approximate surface area is 119 Å². The molecule has 3 heterocycles. The molecule has 0 radical (unpaired) electrons. The van der Waals surface area contributed by atoms with E-state index in [1.165, 1.54) is 12.1 Å². The molecule has 0 aliphatic carbocycles. The van der Waals surface area contributed by atoms with Crippen LogP contribution in [0, 0.1) is 10.1 Å². The third-order valence-electron chi connectivity index (χ3n) is 3.50. The third kappa shape index (κ3) is 2.41. The van der Waals surface area contributed by atoms with Crippen molar-refractivity contribution >= 4 is 22.2 Å². The van der Waals surface area contributed by atoms with E-state index < -0.39 is 10.7 Å². The lowest BCUT2D eigenvalue weighted by Gasteiger charge is -2.38. The second-order valence-corrected chi connectivity index (χ2v) is 5.90. The van der Waals surface area contributed by atoms with E-state index in [0.29, 0.717) is 31.2 Å². The molecule has 3 rings (SSSR count). The lowest BCUT2D eigenvalue weighted by Crippen LogP contribution is -2.50. The predicted molar refractivity (Wildman–Crippen MR) is 70.7 cm³/mol. The first-order valence-corrected chi connectivity index (χ1v) is 7.23. The summed E-state index contributed by atoms with van der Waals surface area (Å²) >= 11 is 0.902. The predicted octanol–water partition coefficient (Wildman–Crippen LogP) is 1.64. The van der Waals surface area contributed by atoms with Gasteiger partial charge in [0.15, 0.2) is 5.79 Å². The Balaban J connectivity index is 1.74. The highest BCUT2D eigenvalue weighted by Gasteiger charge is 2.42. The number of thiophene rings is 1. The van der Waals surface area contributed by atoms with Crippen molar-refractivity contribution in [1.82, 2.24) is 4.90 Å². The first-order valence-electron chi connectivity index (χ1n) is 6.41. The molecule has 20 heavy (non-hydrogen) atoms. The number of likely N-dealkylation sites (tertiary alicyclic amines) is 1. The highest BCUT2D eigenvalue weighted by atomic mass is 32.1. The van der Waals surface area contributed by atoms with Crippen LogP contribution in [0.25, 0.3) is 0 Å². The number of hydrogen-bond donors (Lipinski definition) is 0. The zero-order valence-electron chi connectivity index (χ0n) is 10.7. The van der Waals surface area contributed by atoms with Gasteiger partial charge in [-0.1, -0.05) is 11.3 Å². The summed E-state index contributed by atoms with van der Waals surface area (Å²) in [5, 5.41) is 10.6. The number of hydrogen-bond acceptors (Lipinski definition) is 6. The Morgan fingerprint density at radius 2 is 2.15 bits per heavy atom. The molecular formula is C12H14N2O5S. The number of nitro groups is 1. The molecule has 2 aliphatic heterocycles. The molecular weight excluding hydrogens is 284 g/mol. The SMILES string of the molecule is O=C(c1ccc([N+](=O)[O-])s1)N1CCCC2(C1)OCCO2. The molecule has 0 bridgehead atoms. The van der Waals surface area contributed by atoms with Gasteiger partial charge in [0.05, 0.1) is 29.6 Å². The van der Waals surface area contributed by atoms with E-state index in [4.69, 9.17) is 9.47 Å². The fourth-order valence-corrected chi connectivity index (χ4v) is 3.38. The summed E-state index contributed by atoms with van der Waals surface area (Å²) in [5.41, 5.74) is 0. The van der Waals surface area contributed by atoms with E-state index in [0.717, 1.165) is 24.2 Å². The second kappa shape index (κ2) is 5.12. The Bertz CT molecular complexity index is 538. The Morgan fingerprint density at radius 1 is 1.40 bits per heavy atom. The zero-order chi connectivity index (χ0) is 14.2. The van der Waals surface area contributed by atoms with Crippen molar-refractivity contribution in [2.24, 2.45) is 0 Å². The van der Waals surface area contributed by atoms with Crippen LogP contribution in [0.4, 0.5) is 5.00 Å². The molecule has 1 aromatic rings. The van der Waals surface area contributed by atoms with Gasteiger partial charge in [0.25, 0.3) is 5.91 Å². The summed E-state index contributed by atoms with van der Waals surface area (Å²) in [4.78, 5) is 24.6. The van der Waals surface area contributed by atoms with Gasteiger partial charge in [-0.3, -0.25) is 14.9 Å². The van der Waals surface area contributed by atoms with Gasteiger partial charge >= 0.3 is 5.00 Å². The van der Waals surface area contributed by atoms with Crippen LogP contribution in [-0.2, 0) is 9.47 Å². The molecule has 0 unspecified atom stereocenters. The van der Waals surface area contributed by atoms with E-state index in [9.17, 15) is 14.9 Å². The number of carbonyl (C=O) groups is 1. The molecule has 0 atom stereocenters. The monoisotopic (exact) mass is 298 g/mol. The summed E-state index contributed by atoms with van der Waals surface area (Å²) in [5.74, 6) is -0.863. The number of carbonyl (C=O) groups excluding carboxylic acids is 1. The van der Waals surface area contributed by atoms with Crippen molar-refractivity contribution < 1.29 is 19.2 Å². The van der Waals surface area contributed by atoms with E-state index >= 15 is 0 Å². The molecule has 1 amide bonds. The lowest BCUT2D eigenvalue weighted by molar-refractivity contribution is -0.380. The van der Waals surface area contributed by atoms with Crippen molar-refractivity contribution in [1.29, 1.82) is 0 Å². The first-order chi connectivity index (χ1) is 9.60. The zero-order valence-corrected chi connectivity index (χ0v) is 11.6. The number of piperidine rings is 1. The van der Waals surface area contributed by atoms with Crippen molar-refractivity contribution in [3.8, 4) is 0 Å². The van der Waals surface area contributed by atoms with Gasteiger partial charge in [0.1, 0.15) is 0 Å². The van der Waals surface area contributed by atoms with Crippen LogP contribution >= 0.6 is 11.3 Å². The van der Waals surface area contributed by atoms with E-state index in [2.05, 4.69) is 0 Å². The number of amides is 1. The largest absolute Gasteiger partial charge is 0.346 e. The molecule has 0 aromatic carbocycles. The maximum Gasteiger partial charge on any atom is 0.324 e. The molecule has 8 heteroatoms. The molecule has 0 N–H and O–H groups in total. The standard InChI is InChI=1S/C12H14N2O5S/c15-11(9-2-3-10(20-9)14(16)17)13-5-1-4-12(8-13)18-6-7-19-12/h2-3H,1,4-8H2. The van der Waals surface area contributed by atoms with Gasteiger partial charge < -0.3 is 14.4 Å². The number of rotatable bonds is 2. The normalized spacial score (nSPS) is 21.3. The molecule has 1 aromatic heterocycles. The van der Waals surface area contributed by atoms with E-state index in [-0.39, 0.29) is 10.9 Å². The topological polar surface area (TPSA) is 81.9 Å².